The molecule has 4 heteroatoms. The molecule has 0 saturated carbocycles. The zero-order valence-electron chi connectivity index (χ0n) is 29.7. The molecule has 2 nitrogen and oxygen atoms in total. The lowest BCUT2D eigenvalue weighted by atomic mass is 9.65. The molecule has 228 valence electrons. The van der Waals surface area contributed by atoms with Crippen molar-refractivity contribution < 1.29 is 0 Å². The Morgan fingerprint density at radius 2 is 1.28 bits per heavy atom. The van der Waals surface area contributed by atoms with E-state index in [1.165, 1.54) is 96.8 Å². The fraction of sp³-hybridized carbons (Fsp3) is 0.886. The van der Waals surface area contributed by atoms with Gasteiger partial charge in [-0.3, -0.25) is 0 Å². The van der Waals surface area contributed by atoms with Gasteiger partial charge in [-0.05, 0) is 122 Å². The third-order valence-corrected chi connectivity index (χ3v) is 10.3. The molecule has 0 bridgehead atoms. The summed E-state index contributed by atoms with van der Waals surface area (Å²) in [5, 5.41) is 0.718. The number of rotatable bonds is 22. The van der Waals surface area contributed by atoms with Gasteiger partial charge in [0.1, 0.15) is 15.7 Å². The molecule has 0 heterocycles. The Labute approximate surface area is 250 Å². The first-order chi connectivity index (χ1) is 18.0. The van der Waals surface area contributed by atoms with Crippen LogP contribution in [0.2, 0.25) is 10.6 Å². The van der Waals surface area contributed by atoms with Crippen molar-refractivity contribution in [3.8, 4) is 0 Å². The van der Waals surface area contributed by atoms with Crippen LogP contribution in [0.1, 0.15) is 140 Å². The average Bonchev–Trinajstić information content (AvgIpc) is 2.86. The average molecular weight is 543 g/mol. The Hall–Kier alpha value is -0.470. The summed E-state index contributed by atoms with van der Waals surface area (Å²) in [6.07, 6.45) is 19.0. The van der Waals surface area contributed by atoms with E-state index in [0.29, 0.717) is 21.5 Å². The smallest absolute Gasteiger partial charge is 0.114 e. The van der Waals surface area contributed by atoms with Crippen LogP contribution >= 0.6 is 0 Å². The van der Waals surface area contributed by atoms with Crippen molar-refractivity contribution in [3.63, 3.8) is 0 Å². The zero-order chi connectivity index (χ0) is 30.3. The van der Waals surface area contributed by atoms with Gasteiger partial charge >= 0.3 is 0 Å². The van der Waals surface area contributed by atoms with Gasteiger partial charge in [0.15, 0.2) is 0 Å². The Balaban J connectivity index is 5.19. The largest absolute Gasteiger partial charge is 0.309 e. The SMILES string of the molecule is BC(C)(/C=C(\C)C(C)(CC)CCCN(CCCN(C)C)CCCC(C)(CC)C/C(C)=C/CC(B)(C)CC)CC. The zero-order valence-corrected chi connectivity index (χ0v) is 29.7. The van der Waals surface area contributed by atoms with Crippen molar-refractivity contribution >= 4 is 15.7 Å². The molecule has 0 aromatic rings. The maximum absolute atomic E-state index is 2.79. The van der Waals surface area contributed by atoms with Crippen molar-refractivity contribution in [3.05, 3.63) is 23.3 Å². The van der Waals surface area contributed by atoms with Gasteiger partial charge in [-0.2, -0.15) is 0 Å². The van der Waals surface area contributed by atoms with Gasteiger partial charge in [-0.1, -0.05) is 103 Å². The highest BCUT2D eigenvalue weighted by Gasteiger charge is 2.27. The summed E-state index contributed by atoms with van der Waals surface area (Å²) in [5.41, 5.74) is 3.93. The van der Waals surface area contributed by atoms with Crippen LogP contribution in [0.5, 0.6) is 0 Å². The molecule has 0 aromatic heterocycles. The highest BCUT2D eigenvalue weighted by Crippen LogP contribution is 2.40. The van der Waals surface area contributed by atoms with Crippen LogP contribution in [0, 0.1) is 10.8 Å². The van der Waals surface area contributed by atoms with E-state index in [1.54, 1.807) is 11.1 Å². The fourth-order valence-electron chi connectivity index (χ4n) is 5.61. The minimum Gasteiger partial charge on any atom is -0.309 e. The number of hydrogen-bond acceptors (Lipinski definition) is 2. The maximum Gasteiger partial charge on any atom is 0.114 e. The first-order valence-electron chi connectivity index (χ1n) is 16.7. The summed E-state index contributed by atoms with van der Waals surface area (Å²) in [5.74, 6) is 0. The van der Waals surface area contributed by atoms with Crippen LogP contribution in [0.15, 0.2) is 23.3 Å². The highest BCUT2D eigenvalue weighted by molar-refractivity contribution is 6.16. The lowest BCUT2D eigenvalue weighted by molar-refractivity contribution is 0.205. The van der Waals surface area contributed by atoms with Crippen LogP contribution in [0.4, 0.5) is 0 Å². The van der Waals surface area contributed by atoms with Crippen LogP contribution < -0.4 is 0 Å². The summed E-state index contributed by atoms with van der Waals surface area (Å²) < 4.78 is 0. The molecule has 0 amide bonds. The Kier molecular flexibility index (Phi) is 17.9. The van der Waals surface area contributed by atoms with E-state index in [4.69, 9.17) is 0 Å². The van der Waals surface area contributed by atoms with E-state index < -0.39 is 0 Å². The van der Waals surface area contributed by atoms with Crippen molar-refractivity contribution in [2.75, 3.05) is 40.3 Å². The Bertz CT molecular complexity index is 724. The molecule has 0 aliphatic heterocycles. The Morgan fingerprint density at radius 3 is 1.77 bits per heavy atom. The molecule has 4 atom stereocenters. The molecular formula is C35H72B2N2. The van der Waals surface area contributed by atoms with Gasteiger partial charge in [0, 0.05) is 0 Å². The molecule has 0 aliphatic rings. The molecule has 0 N–H and O–H groups in total. The second-order valence-corrected chi connectivity index (χ2v) is 15.4. The first kappa shape index (κ1) is 38.5. The van der Waals surface area contributed by atoms with Crippen molar-refractivity contribution in [1.29, 1.82) is 0 Å². The van der Waals surface area contributed by atoms with E-state index in [2.05, 4.69) is 121 Å². The number of nitrogens with zero attached hydrogens (tertiary/aromatic N) is 2. The molecule has 0 aliphatic carbocycles. The van der Waals surface area contributed by atoms with Crippen LogP contribution in [-0.2, 0) is 0 Å². The van der Waals surface area contributed by atoms with Gasteiger partial charge in [-0.15, -0.1) is 0 Å². The van der Waals surface area contributed by atoms with E-state index in [0.717, 1.165) is 0 Å². The van der Waals surface area contributed by atoms with E-state index in [1.807, 2.05) is 0 Å². The van der Waals surface area contributed by atoms with Gasteiger partial charge in [0.05, 0.1) is 0 Å². The van der Waals surface area contributed by atoms with Gasteiger partial charge in [0.25, 0.3) is 0 Å². The highest BCUT2D eigenvalue weighted by atomic mass is 15.1. The number of allylic oxidation sites excluding steroid dienone is 4. The van der Waals surface area contributed by atoms with Gasteiger partial charge in [0.2, 0.25) is 0 Å². The molecule has 0 fully saturated rings. The summed E-state index contributed by atoms with van der Waals surface area (Å²) in [7, 11) is 9.18. The van der Waals surface area contributed by atoms with Crippen LogP contribution in [0.3, 0.4) is 0 Å². The number of hydrogen-bond donors (Lipinski definition) is 0. The van der Waals surface area contributed by atoms with Crippen molar-refractivity contribution in [2.24, 2.45) is 10.8 Å². The minimum absolute atomic E-state index is 0.296. The van der Waals surface area contributed by atoms with Crippen LogP contribution in [0.25, 0.3) is 0 Å². The Morgan fingerprint density at radius 1 is 0.718 bits per heavy atom. The maximum atomic E-state index is 2.79. The normalized spacial score (nSPS) is 19.5. The van der Waals surface area contributed by atoms with Crippen molar-refractivity contribution in [1.82, 2.24) is 9.80 Å². The molecule has 0 saturated heterocycles. The summed E-state index contributed by atoms with van der Waals surface area (Å²) in [6, 6.07) is 0. The predicted octanol–water partition coefficient (Wildman–Crippen LogP) is 8.75. The van der Waals surface area contributed by atoms with E-state index in [-0.39, 0.29) is 0 Å². The standard InChI is InChI=1S/C35H72B2N2/c1-13-32(7,28-30(5)20-23-34(9,36)15-3)21-17-25-39(27-19-24-38(11)12)26-18-22-33(8,14-2)31(6)29-35(10,37)16-4/h20,29H,13-19,21-28,36-37H2,1-12H3/b30-20+,31-29+. The quantitative estimate of drug-likeness (QED) is 0.0997. The first-order valence-corrected chi connectivity index (χ1v) is 16.7. The lowest BCUT2D eigenvalue weighted by Gasteiger charge is -2.34. The summed E-state index contributed by atoms with van der Waals surface area (Å²) in [4.78, 5) is 5.12. The molecule has 39 heavy (non-hydrogen) atoms. The van der Waals surface area contributed by atoms with E-state index in [9.17, 15) is 0 Å². The monoisotopic (exact) mass is 543 g/mol. The van der Waals surface area contributed by atoms with Crippen molar-refractivity contribution in [2.45, 2.75) is 150 Å². The predicted molar refractivity (Wildman–Crippen MR) is 186 cm³/mol. The van der Waals surface area contributed by atoms with Gasteiger partial charge < -0.3 is 9.80 Å². The topological polar surface area (TPSA) is 6.48 Å². The minimum atomic E-state index is 0.296. The summed E-state index contributed by atoms with van der Waals surface area (Å²) in [6.45, 7) is 28.9. The van der Waals surface area contributed by atoms with Gasteiger partial charge in [-0.25, -0.2) is 0 Å². The van der Waals surface area contributed by atoms with E-state index >= 15 is 0 Å². The molecule has 0 radical (unpaired) electrons. The molecule has 0 rings (SSSR count). The third-order valence-electron chi connectivity index (χ3n) is 10.3. The lowest BCUT2D eigenvalue weighted by Crippen LogP contribution is -2.31. The summed E-state index contributed by atoms with van der Waals surface area (Å²) >= 11 is 0. The molecule has 0 aromatic carbocycles. The third kappa shape index (κ3) is 16.5. The second-order valence-electron chi connectivity index (χ2n) is 15.4. The fourth-order valence-corrected chi connectivity index (χ4v) is 5.61. The second kappa shape index (κ2) is 18.1. The molecule has 0 spiro atoms. The van der Waals surface area contributed by atoms with Crippen LogP contribution in [-0.4, -0.2) is 65.8 Å². The molecule has 4 unspecified atom stereocenters. The molecular weight excluding hydrogens is 470 g/mol.